The maximum Gasteiger partial charge on any atom is 0.243 e. The van der Waals surface area contributed by atoms with Crippen LogP contribution >= 0.6 is 0 Å². The maximum absolute atomic E-state index is 13.6. The zero-order valence-electron chi connectivity index (χ0n) is 18.6. The number of piperazine rings is 1. The first-order valence-corrected chi connectivity index (χ1v) is 12.4. The van der Waals surface area contributed by atoms with Gasteiger partial charge in [0, 0.05) is 24.4 Å². The molecule has 2 aromatic carbocycles. The van der Waals surface area contributed by atoms with Crippen LogP contribution in [0, 0.1) is 23.6 Å². The summed E-state index contributed by atoms with van der Waals surface area (Å²) in [6, 6.07) is 11.7. The van der Waals surface area contributed by atoms with Crippen LogP contribution in [0.1, 0.15) is 37.3 Å². The molecule has 0 saturated carbocycles. The van der Waals surface area contributed by atoms with E-state index in [4.69, 9.17) is 0 Å². The number of nitrogens with zero attached hydrogens (tertiary/aromatic N) is 2. The standard InChI is InChI=1S/C25H27FN2O4S/c1-17(2)5-3-6-18-9-11-19(12-10-18)25-22-14-27(15-24(30)28(22)23(25)16-29)33(31,32)21-8-4-7-20(26)13-21/h4,7-13,17,22-23,25,29H,5,14-16H2,1-2H3/t22-,23-,25+/m1/s1. The second-order valence-electron chi connectivity index (χ2n) is 8.92. The average Bonchev–Trinajstić information content (AvgIpc) is 2.76. The highest BCUT2D eigenvalue weighted by molar-refractivity contribution is 7.89. The van der Waals surface area contributed by atoms with Crippen molar-refractivity contribution < 1.29 is 22.7 Å². The number of sulfonamides is 1. The summed E-state index contributed by atoms with van der Waals surface area (Å²) < 4.78 is 40.9. The van der Waals surface area contributed by atoms with Crippen LogP contribution in [0.2, 0.25) is 0 Å². The van der Waals surface area contributed by atoms with Crippen molar-refractivity contribution >= 4 is 15.9 Å². The van der Waals surface area contributed by atoms with Crippen molar-refractivity contribution in [2.75, 3.05) is 19.7 Å². The predicted molar refractivity (Wildman–Crippen MR) is 122 cm³/mol. The quantitative estimate of drug-likeness (QED) is 0.682. The monoisotopic (exact) mass is 470 g/mol. The van der Waals surface area contributed by atoms with Crippen LogP contribution in [-0.2, 0) is 14.8 Å². The zero-order valence-corrected chi connectivity index (χ0v) is 19.4. The van der Waals surface area contributed by atoms with E-state index >= 15 is 0 Å². The van der Waals surface area contributed by atoms with Gasteiger partial charge in [0.25, 0.3) is 0 Å². The van der Waals surface area contributed by atoms with Crippen molar-refractivity contribution in [2.24, 2.45) is 5.92 Å². The number of halogens is 1. The minimum atomic E-state index is -4.03. The number of hydrogen-bond donors (Lipinski definition) is 1. The number of carbonyl (C=O) groups is 1. The fraction of sp³-hybridized carbons (Fsp3) is 0.400. The fourth-order valence-electron chi connectivity index (χ4n) is 4.58. The van der Waals surface area contributed by atoms with E-state index in [0.29, 0.717) is 5.92 Å². The lowest BCUT2D eigenvalue weighted by Gasteiger charge is -2.58. The van der Waals surface area contributed by atoms with Crippen molar-refractivity contribution in [1.82, 2.24) is 9.21 Å². The molecule has 2 heterocycles. The number of amides is 1. The van der Waals surface area contributed by atoms with Gasteiger partial charge in [-0.15, -0.1) is 0 Å². The van der Waals surface area contributed by atoms with Gasteiger partial charge in [-0.2, -0.15) is 4.31 Å². The normalized spacial score (nSPS) is 23.0. The Balaban J connectivity index is 1.57. The third kappa shape index (κ3) is 4.54. The first-order valence-electron chi connectivity index (χ1n) is 11.0. The van der Waals surface area contributed by atoms with E-state index in [0.717, 1.165) is 27.9 Å². The van der Waals surface area contributed by atoms with Crippen LogP contribution < -0.4 is 0 Å². The third-order valence-corrected chi connectivity index (χ3v) is 8.00. The van der Waals surface area contributed by atoms with Crippen LogP contribution in [0.5, 0.6) is 0 Å². The van der Waals surface area contributed by atoms with Gasteiger partial charge in [-0.1, -0.05) is 43.9 Å². The molecule has 0 bridgehead atoms. The predicted octanol–water partition coefficient (Wildman–Crippen LogP) is 2.58. The smallest absolute Gasteiger partial charge is 0.243 e. The van der Waals surface area contributed by atoms with E-state index in [1.807, 2.05) is 24.3 Å². The average molecular weight is 471 g/mol. The molecule has 4 rings (SSSR count). The Morgan fingerprint density at radius 1 is 1.18 bits per heavy atom. The summed E-state index contributed by atoms with van der Waals surface area (Å²) in [5.74, 6) is 5.56. The van der Waals surface area contributed by atoms with Gasteiger partial charge >= 0.3 is 0 Å². The third-order valence-electron chi connectivity index (χ3n) is 6.19. The summed E-state index contributed by atoms with van der Waals surface area (Å²) in [6.45, 7) is 3.76. The lowest BCUT2D eigenvalue weighted by atomic mass is 9.74. The minimum absolute atomic E-state index is 0.0850. The molecule has 0 spiro atoms. The van der Waals surface area contributed by atoms with Crippen molar-refractivity contribution in [3.8, 4) is 11.8 Å². The van der Waals surface area contributed by atoms with Gasteiger partial charge in [0.05, 0.1) is 30.1 Å². The molecule has 174 valence electrons. The summed E-state index contributed by atoms with van der Waals surface area (Å²) in [5, 5.41) is 9.94. The fourth-order valence-corrected chi connectivity index (χ4v) is 6.01. The number of carbonyl (C=O) groups excluding carboxylic acids is 1. The van der Waals surface area contributed by atoms with Crippen LogP contribution in [-0.4, -0.2) is 60.4 Å². The van der Waals surface area contributed by atoms with E-state index in [1.54, 1.807) is 4.90 Å². The Hall–Kier alpha value is -2.73. The van der Waals surface area contributed by atoms with Crippen molar-refractivity contribution in [1.29, 1.82) is 0 Å². The topological polar surface area (TPSA) is 77.9 Å². The number of fused-ring (bicyclic) bond motifs is 1. The molecule has 8 heteroatoms. The lowest BCUT2D eigenvalue weighted by molar-refractivity contribution is -0.158. The van der Waals surface area contributed by atoms with E-state index < -0.39 is 27.9 Å². The van der Waals surface area contributed by atoms with Crippen LogP contribution in [0.25, 0.3) is 0 Å². The number of aliphatic hydroxyl groups excluding tert-OH is 1. The molecule has 2 fully saturated rings. The lowest BCUT2D eigenvalue weighted by Crippen LogP contribution is -2.73. The Labute approximate surface area is 194 Å². The van der Waals surface area contributed by atoms with E-state index in [9.17, 15) is 22.7 Å². The SMILES string of the molecule is CC(C)CC#Cc1ccc([C@@H]2[C@@H](CO)N3C(=O)CN(S(=O)(=O)c4cccc(F)c4)C[C@H]23)cc1. The second kappa shape index (κ2) is 9.26. The van der Waals surface area contributed by atoms with Crippen molar-refractivity contribution in [3.63, 3.8) is 0 Å². The first kappa shape index (κ1) is 23.4. The Kier molecular flexibility index (Phi) is 6.57. The molecule has 0 aromatic heterocycles. The molecular weight excluding hydrogens is 443 g/mol. The molecule has 2 saturated heterocycles. The summed E-state index contributed by atoms with van der Waals surface area (Å²) in [6.07, 6.45) is 0.811. The molecule has 1 N–H and O–H groups in total. The molecule has 2 aliphatic rings. The molecule has 0 aliphatic carbocycles. The van der Waals surface area contributed by atoms with Crippen molar-refractivity contribution in [2.45, 2.75) is 43.2 Å². The van der Waals surface area contributed by atoms with E-state index in [-0.39, 0.29) is 36.4 Å². The molecule has 33 heavy (non-hydrogen) atoms. The van der Waals surface area contributed by atoms with E-state index in [2.05, 4.69) is 25.7 Å². The Morgan fingerprint density at radius 2 is 1.91 bits per heavy atom. The highest BCUT2D eigenvalue weighted by Gasteiger charge is 2.55. The number of rotatable bonds is 5. The number of hydrogen-bond acceptors (Lipinski definition) is 4. The molecule has 0 radical (unpaired) electrons. The molecule has 2 aliphatic heterocycles. The van der Waals surface area contributed by atoms with Gasteiger partial charge in [0.2, 0.25) is 15.9 Å². The first-order chi connectivity index (χ1) is 15.7. The highest BCUT2D eigenvalue weighted by Crippen LogP contribution is 2.43. The van der Waals surface area contributed by atoms with Crippen LogP contribution in [0.3, 0.4) is 0 Å². The van der Waals surface area contributed by atoms with Gasteiger partial charge < -0.3 is 10.0 Å². The summed E-state index contributed by atoms with van der Waals surface area (Å²) >= 11 is 0. The van der Waals surface area contributed by atoms with Crippen LogP contribution in [0.4, 0.5) is 4.39 Å². The summed E-state index contributed by atoms with van der Waals surface area (Å²) in [4.78, 5) is 14.2. The van der Waals surface area contributed by atoms with Gasteiger partial charge in [-0.05, 0) is 41.8 Å². The Morgan fingerprint density at radius 3 is 2.55 bits per heavy atom. The van der Waals surface area contributed by atoms with Crippen molar-refractivity contribution in [3.05, 3.63) is 65.5 Å². The molecule has 0 unspecified atom stereocenters. The molecule has 2 aromatic rings. The number of aliphatic hydroxyl groups is 1. The van der Waals surface area contributed by atoms with Crippen LogP contribution in [0.15, 0.2) is 53.4 Å². The van der Waals surface area contributed by atoms with Gasteiger partial charge in [-0.3, -0.25) is 4.79 Å². The molecular formula is C25H27FN2O4S. The summed E-state index contributed by atoms with van der Waals surface area (Å²) in [5.41, 5.74) is 1.80. The minimum Gasteiger partial charge on any atom is -0.394 e. The van der Waals surface area contributed by atoms with Gasteiger partial charge in [-0.25, -0.2) is 12.8 Å². The highest BCUT2D eigenvalue weighted by atomic mass is 32.2. The van der Waals surface area contributed by atoms with Gasteiger partial charge in [0.1, 0.15) is 5.82 Å². The largest absolute Gasteiger partial charge is 0.394 e. The second-order valence-corrected chi connectivity index (χ2v) is 10.9. The maximum atomic E-state index is 13.6. The summed E-state index contributed by atoms with van der Waals surface area (Å²) in [7, 11) is -4.03. The van der Waals surface area contributed by atoms with E-state index in [1.165, 1.54) is 18.2 Å². The van der Waals surface area contributed by atoms with Gasteiger partial charge in [0.15, 0.2) is 0 Å². The Bertz CT molecular complexity index is 1200. The molecule has 6 nitrogen and oxygen atoms in total. The number of benzene rings is 2. The molecule has 1 amide bonds. The molecule has 3 atom stereocenters. The zero-order chi connectivity index (χ0) is 23.8.